The Morgan fingerprint density at radius 2 is 1.73 bits per heavy atom. The summed E-state index contributed by atoms with van der Waals surface area (Å²) in [5.74, 6) is 0.228. The number of ether oxygens (including phenoxy) is 2. The van der Waals surface area contributed by atoms with Crippen LogP contribution in [0, 0.1) is 5.92 Å². The molecule has 0 aromatic heterocycles. The molecule has 2 heterocycles. The fourth-order valence-electron chi connectivity index (χ4n) is 3.96. The smallest absolute Gasteiger partial charge is 0.322 e. The molecule has 3 rings (SSSR count). The molecule has 0 spiro atoms. The normalized spacial score (nSPS) is 22.4. The van der Waals surface area contributed by atoms with E-state index in [-0.39, 0.29) is 12.3 Å². The van der Waals surface area contributed by atoms with E-state index in [4.69, 9.17) is 21.1 Å². The predicted octanol–water partition coefficient (Wildman–Crippen LogP) is 1.63. The number of anilines is 1. The van der Waals surface area contributed by atoms with E-state index in [1.807, 2.05) is 12.1 Å². The maximum absolute atomic E-state index is 12.9. The Balaban J connectivity index is 1.62. The molecule has 0 bridgehead atoms. The number of methoxy groups -OCH3 is 2. The molecule has 0 saturated carbocycles. The minimum absolute atomic E-state index is 0.0314. The number of carbonyl (C=O) groups is 3. The lowest BCUT2D eigenvalue weighted by Crippen LogP contribution is -2.52. The molecule has 164 valence electrons. The van der Waals surface area contributed by atoms with Crippen LogP contribution in [0.3, 0.4) is 0 Å². The first-order chi connectivity index (χ1) is 14.2. The summed E-state index contributed by atoms with van der Waals surface area (Å²) >= 11 is 6.24. The third-order valence-corrected chi connectivity index (χ3v) is 6.01. The highest BCUT2D eigenvalue weighted by Gasteiger charge is 2.44. The Morgan fingerprint density at radius 3 is 2.20 bits per heavy atom. The average Bonchev–Trinajstić information content (AvgIpc) is 2.98. The Hall–Kier alpha value is -2.68. The number of halogens is 1. The minimum Gasteiger partial charge on any atom is -0.495 e. The molecule has 0 radical (unpaired) electrons. The molecule has 1 aromatic rings. The van der Waals surface area contributed by atoms with Crippen molar-refractivity contribution in [3.8, 4) is 11.5 Å². The molecular formula is C20H27ClN4O5. The zero-order valence-corrected chi connectivity index (χ0v) is 18.3. The van der Waals surface area contributed by atoms with Crippen molar-refractivity contribution in [2.24, 2.45) is 5.92 Å². The van der Waals surface area contributed by atoms with E-state index in [1.165, 1.54) is 0 Å². The van der Waals surface area contributed by atoms with Crippen molar-refractivity contribution in [2.75, 3.05) is 45.3 Å². The summed E-state index contributed by atoms with van der Waals surface area (Å²) in [6.07, 6.45) is 0.245. The van der Waals surface area contributed by atoms with Crippen molar-refractivity contribution in [2.45, 2.75) is 25.8 Å². The van der Waals surface area contributed by atoms with Crippen molar-refractivity contribution in [1.29, 1.82) is 0 Å². The summed E-state index contributed by atoms with van der Waals surface area (Å²) in [4.78, 5) is 40.3. The lowest BCUT2D eigenvalue weighted by molar-refractivity contribution is -0.136. The molecule has 2 aliphatic rings. The van der Waals surface area contributed by atoms with Crippen LogP contribution >= 0.6 is 11.6 Å². The topological polar surface area (TPSA) is 100 Å². The summed E-state index contributed by atoms with van der Waals surface area (Å²) in [7, 11) is 3.10. The van der Waals surface area contributed by atoms with E-state index in [2.05, 4.69) is 15.5 Å². The van der Waals surface area contributed by atoms with Gasteiger partial charge >= 0.3 is 6.03 Å². The van der Waals surface area contributed by atoms with Crippen molar-refractivity contribution in [3.63, 3.8) is 0 Å². The third-order valence-electron chi connectivity index (χ3n) is 5.64. The number of nitrogens with zero attached hydrogens (tertiary/aromatic N) is 2. The van der Waals surface area contributed by atoms with Gasteiger partial charge in [0.05, 0.1) is 14.2 Å². The molecule has 2 aliphatic heterocycles. The van der Waals surface area contributed by atoms with Gasteiger partial charge in [-0.25, -0.2) is 4.79 Å². The molecule has 4 amide bonds. The van der Waals surface area contributed by atoms with Crippen LogP contribution in [0.25, 0.3) is 0 Å². The first-order valence-electron chi connectivity index (χ1n) is 9.77. The number of imide groups is 1. The highest BCUT2D eigenvalue weighted by atomic mass is 35.5. The molecule has 30 heavy (non-hydrogen) atoms. The highest BCUT2D eigenvalue weighted by molar-refractivity contribution is 6.33. The second kappa shape index (κ2) is 8.59. The van der Waals surface area contributed by atoms with Gasteiger partial charge in [0, 0.05) is 49.9 Å². The van der Waals surface area contributed by atoms with Crippen LogP contribution in [0.2, 0.25) is 5.02 Å². The summed E-state index contributed by atoms with van der Waals surface area (Å²) in [5.41, 5.74) is -0.157. The lowest BCUT2D eigenvalue weighted by Gasteiger charge is -2.38. The zero-order valence-electron chi connectivity index (χ0n) is 17.6. The van der Waals surface area contributed by atoms with Crippen LogP contribution in [0.1, 0.15) is 20.3 Å². The first kappa shape index (κ1) is 22.0. The van der Waals surface area contributed by atoms with Gasteiger partial charge in [0.25, 0.3) is 5.91 Å². The average molecular weight is 439 g/mol. The molecule has 0 aliphatic carbocycles. The summed E-state index contributed by atoms with van der Waals surface area (Å²) < 4.78 is 10.7. The summed E-state index contributed by atoms with van der Waals surface area (Å²) in [6.45, 7) is 5.79. The van der Waals surface area contributed by atoms with E-state index >= 15 is 0 Å². The predicted molar refractivity (Wildman–Crippen MR) is 112 cm³/mol. The number of piperazine rings is 1. The maximum atomic E-state index is 12.9. The van der Waals surface area contributed by atoms with E-state index in [0.717, 1.165) is 5.69 Å². The number of amides is 4. The van der Waals surface area contributed by atoms with Crippen LogP contribution in [0.4, 0.5) is 10.5 Å². The van der Waals surface area contributed by atoms with Gasteiger partial charge in [-0.05, 0) is 13.3 Å². The van der Waals surface area contributed by atoms with Crippen LogP contribution < -0.4 is 25.0 Å². The highest BCUT2D eigenvalue weighted by Crippen LogP contribution is 2.38. The largest absolute Gasteiger partial charge is 0.495 e. The number of hydrogen-bond donors (Lipinski definition) is 2. The van der Waals surface area contributed by atoms with Crippen molar-refractivity contribution >= 4 is 35.1 Å². The second-order valence-corrected chi connectivity index (χ2v) is 8.20. The van der Waals surface area contributed by atoms with Crippen LogP contribution in [-0.2, 0) is 9.59 Å². The van der Waals surface area contributed by atoms with E-state index < -0.39 is 23.4 Å². The second-order valence-electron chi connectivity index (χ2n) is 7.82. The van der Waals surface area contributed by atoms with Crippen molar-refractivity contribution in [1.82, 2.24) is 15.5 Å². The molecule has 2 saturated heterocycles. The Kier molecular flexibility index (Phi) is 6.30. The number of rotatable bonds is 6. The van der Waals surface area contributed by atoms with Crippen molar-refractivity contribution in [3.05, 3.63) is 17.2 Å². The van der Waals surface area contributed by atoms with E-state index in [0.29, 0.717) is 42.7 Å². The minimum atomic E-state index is -1.07. The SMILES string of the molecule is COc1cc(N2CCN(C(=O)[C@@H](C)C[C@@]3(C)NC(=O)NC3=O)CC2)cc(OC)c1Cl. The number of carbonyl (C=O) groups excluding carboxylic acids is 3. The van der Waals surface area contributed by atoms with Gasteiger partial charge < -0.3 is 24.6 Å². The van der Waals surface area contributed by atoms with Gasteiger partial charge in [-0.2, -0.15) is 0 Å². The molecular weight excluding hydrogens is 412 g/mol. The monoisotopic (exact) mass is 438 g/mol. The number of hydrogen-bond acceptors (Lipinski definition) is 6. The molecule has 9 nitrogen and oxygen atoms in total. The summed E-state index contributed by atoms with van der Waals surface area (Å²) in [6, 6.07) is 3.19. The summed E-state index contributed by atoms with van der Waals surface area (Å²) in [5, 5.41) is 5.26. The van der Waals surface area contributed by atoms with Crippen molar-refractivity contribution < 1.29 is 23.9 Å². The Morgan fingerprint density at radius 1 is 1.17 bits per heavy atom. The molecule has 2 N–H and O–H groups in total. The zero-order chi connectivity index (χ0) is 22.1. The number of urea groups is 1. The van der Waals surface area contributed by atoms with Crippen LogP contribution in [0.5, 0.6) is 11.5 Å². The Labute approximate surface area is 180 Å². The number of benzene rings is 1. The van der Waals surface area contributed by atoms with Gasteiger partial charge in [0.2, 0.25) is 5.91 Å². The van der Waals surface area contributed by atoms with Gasteiger partial charge in [0.1, 0.15) is 22.1 Å². The molecule has 10 heteroatoms. The van der Waals surface area contributed by atoms with Gasteiger partial charge in [-0.1, -0.05) is 18.5 Å². The number of nitrogens with one attached hydrogen (secondary N) is 2. The van der Waals surface area contributed by atoms with Crippen LogP contribution in [-0.4, -0.2) is 68.7 Å². The van der Waals surface area contributed by atoms with Gasteiger partial charge in [-0.3, -0.25) is 14.9 Å². The maximum Gasteiger partial charge on any atom is 0.322 e. The van der Waals surface area contributed by atoms with E-state index in [1.54, 1.807) is 33.0 Å². The molecule has 2 atom stereocenters. The van der Waals surface area contributed by atoms with Gasteiger partial charge in [0.15, 0.2) is 0 Å². The van der Waals surface area contributed by atoms with Gasteiger partial charge in [-0.15, -0.1) is 0 Å². The fraction of sp³-hybridized carbons (Fsp3) is 0.550. The Bertz CT molecular complexity index is 831. The quantitative estimate of drug-likeness (QED) is 0.655. The standard InChI is InChI=1S/C20H27ClN4O5/c1-12(11-20(2)18(27)22-19(28)23-20)17(26)25-7-5-24(6-8-25)13-9-14(29-3)16(21)15(10-13)30-4/h9-10,12H,5-8,11H2,1-4H3,(H2,22,23,27,28)/t12-,20+/m0/s1. The molecule has 0 unspecified atom stereocenters. The molecule has 2 fully saturated rings. The van der Waals surface area contributed by atoms with E-state index in [9.17, 15) is 14.4 Å². The lowest BCUT2D eigenvalue weighted by atomic mass is 9.89. The third kappa shape index (κ3) is 4.26. The van der Waals surface area contributed by atoms with Crippen LogP contribution in [0.15, 0.2) is 12.1 Å². The fourth-order valence-corrected chi connectivity index (χ4v) is 4.22. The first-order valence-corrected chi connectivity index (χ1v) is 10.1. The molecule has 1 aromatic carbocycles.